The molecule has 0 aliphatic rings. The van der Waals surface area contributed by atoms with E-state index in [4.69, 9.17) is 47.3 Å². The molecule has 0 saturated carbocycles. The lowest BCUT2D eigenvalue weighted by Gasteiger charge is -2.19. The van der Waals surface area contributed by atoms with Gasteiger partial charge in [-0.3, -0.25) is 42.9 Å². The Bertz CT molecular complexity index is 1080. The van der Waals surface area contributed by atoms with Crippen molar-refractivity contribution in [3.63, 3.8) is 0 Å². The van der Waals surface area contributed by atoms with Crippen molar-refractivity contribution in [2.75, 3.05) is 19.4 Å². The van der Waals surface area contributed by atoms with Crippen molar-refractivity contribution in [2.45, 2.75) is 49.9 Å². The summed E-state index contributed by atoms with van der Waals surface area (Å²) in [6.45, 7) is -0.456. The van der Waals surface area contributed by atoms with E-state index in [-0.39, 0.29) is 13.2 Å². The van der Waals surface area contributed by atoms with Crippen LogP contribution in [0, 0.1) is 0 Å². The van der Waals surface area contributed by atoms with Crippen molar-refractivity contribution in [1.29, 1.82) is 0 Å². The second-order valence-corrected chi connectivity index (χ2v) is 9.92. The molecule has 260 valence electrons. The van der Waals surface area contributed by atoms with Crippen molar-refractivity contribution in [3.05, 3.63) is 0 Å². The predicted molar refractivity (Wildman–Crippen MR) is 141 cm³/mol. The lowest BCUT2D eigenvalue weighted by molar-refractivity contribution is -0.144. The predicted octanol–water partition coefficient (Wildman–Crippen LogP) is -6.31. The normalized spacial score (nSPS) is 14.2. The summed E-state index contributed by atoms with van der Waals surface area (Å²) in [6.07, 6.45) is -3.48. The number of carbonyl (C=O) groups is 8. The number of rotatable bonds is 21. The zero-order valence-electron chi connectivity index (χ0n) is 23.1. The fourth-order valence-corrected chi connectivity index (χ4v) is 2.90. The molecule has 0 spiro atoms. The van der Waals surface area contributed by atoms with Crippen molar-refractivity contribution in [1.82, 2.24) is 21.6 Å². The van der Waals surface area contributed by atoms with Gasteiger partial charge in [-0.25, -0.2) is 4.62 Å². The Hall–Kier alpha value is -4.33. The molecule has 0 heterocycles. The van der Waals surface area contributed by atoms with E-state index in [1.165, 1.54) is 5.48 Å². The molecule has 26 heteroatoms. The van der Waals surface area contributed by atoms with Gasteiger partial charge in [-0.1, -0.05) is 0 Å². The third-order valence-electron chi connectivity index (χ3n) is 4.30. The fourth-order valence-electron chi connectivity index (χ4n) is 2.19. The quantitative estimate of drug-likeness (QED) is 0.0395. The van der Waals surface area contributed by atoms with Gasteiger partial charge in [0.2, 0.25) is 17.7 Å². The molecule has 0 aliphatic carbocycles. The number of hydrogen-bond donors (Lipinski definition) is 15. The number of primary amides is 2. The third-order valence-corrected chi connectivity index (χ3v) is 5.25. The molecule has 25 nitrogen and oxygen atoms in total. The molecule has 0 aromatic heterocycles. The van der Waals surface area contributed by atoms with Crippen LogP contribution in [0.1, 0.15) is 25.7 Å². The molecule has 0 bridgehead atoms. The molecule has 0 aliphatic heterocycles. The van der Waals surface area contributed by atoms with Crippen LogP contribution in [0.2, 0.25) is 0 Å². The maximum absolute atomic E-state index is 11.8. The molecule has 0 rings (SSSR count). The van der Waals surface area contributed by atoms with Crippen LogP contribution in [0.25, 0.3) is 0 Å². The molecule has 0 aromatic carbocycles. The van der Waals surface area contributed by atoms with Gasteiger partial charge in [-0.15, -0.1) is 0 Å². The largest absolute Gasteiger partial charge is 0.481 e. The van der Waals surface area contributed by atoms with Gasteiger partial charge in [0.05, 0.1) is 38.3 Å². The molecule has 18 N–H and O–H groups in total. The SMILES string of the molecule is NC(=O)[C@H](CC(=O)O)NO.NC(=O)[C@H](CC(=O)O)NOP(=O)(O)CNC(=O)[C@H](CC(=O)O)NCCO.N[C@@H](CC(=O)O)C(=O)O. The number of hydroxylamine groups is 2. The van der Waals surface area contributed by atoms with Gasteiger partial charge in [-0.2, -0.15) is 11.0 Å². The molecule has 5 atom stereocenters. The molecule has 45 heavy (non-hydrogen) atoms. The summed E-state index contributed by atoms with van der Waals surface area (Å²) in [6, 6.07) is -5.37. The Balaban J connectivity index is -0.000000754. The number of hydrogen-bond acceptors (Lipinski definition) is 16. The molecule has 0 aromatic rings. The Kier molecular flexibility index (Phi) is 24.1. The monoisotopic (exact) mass is 681 g/mol. The maximum Gasteiger partial charge on any atom is 0.363 e. The summed E-state index contributed by atoms with van der Waals surface area (Å²) < 4.78 is 16.1. The first kappa shape index (κ1) is 45.1. The molecule has 0 saturated heterocycles. The van der Waals surface area contributed by atoms with Gasteiger partial charge in [0.25, 0.3) is 0 Å². The second kappa shape index (κ2) is 24.0. The molecule has 3 amide bonds. The number of aliphatic hydroxyl groups excluding tert-OH is 1. The summed E-state index contributed by atoms with van der Waals surface area (Å²) in [4.78, 5) is 93.4. The number of nitrogens with one attached hydrogen (secondary N) is 4. The van der Waals surface area contributed by atoms with Gasteiger partial charge >= 0.3 is 37.4 Å². The highest BCUT2D eigenvalue weighted by Gasteiger charge is 2.28. The number of amides is 3. The van der Waals surface area contributed by atoms with Gasteiger partial charge in [-0.05, 0) is 0 Å². The molecular weight excluding hydrogens is 645 g/mol. The third kappa shape index (κ3) is 27.0. The van der Waals surface area contributed by atoms with E-state index in [1.54, 1.807) is 5.48 Å². The van der Waals surface area contributed by atoms with Crippen molar-refractivity contribution in [3.8, 4) is 0 Å². The van der Waals surface area contributed by atoms with E-state index in [0.29, 0.717) is 0 Å². The standard InChI is InChI=1S/C11H21N4O10P.C4H8N2O4.C4H7NO4/c12-10(21)6(3-8(17)18)15-25-26(23,24)5-14-11(22)7(4-9(19)20)13-1-2-16;5-4(9)2(6-10)1-3(7)8;5-2(4(8)9)1-3(6)7/h6-7,13,15-16H,1-5H2,(H2,12,21)(H,14,22)(H,17,18)(H,19,20)(H,23,24);2,6,10H,1H2,(H2,5,9)(H,7,8);2H,1,5H2,(H,6,7)(H,8,9)/t6-,7-;2*2-/m000/s1. The number of carbonyl (C=O) groups excluding carboxylic acids is 3. The summed E-state index contributed by atoms with van der Waals surface area (Å²) in [5, 5.41) is 62.6. The first-order valence-corrected chi connectivity index (χ1v) is 13.6. The Labute approximate surface area is 252 Å². The van der Waals surface area contributed by atoms with Gasteiger partial charge in [0.15, 0.2) is 0 Å². The van der Waals surface area contributed by atoms with Crippen LogP contribution in [-0.4, -0.2) is 132 Å². The van der Waals surface area contributed by atoms with E-state index < -0.39 is 111 Å². The van der Waals surface area contributed by atoms with Gasteiger partial charge < -0.3 is 68.6 Å². The molecule has 0 fully saturated rings. The van der Waals surface area contributed by atoms with Crippen LogP contribution in [0.4, 0.5) is 0 Å². The zero-order valence-corrected chi connectivity index (χ0v) is 24.0. The van der Waals surface area contributed by atoms with Gasteiger partial charge in [0.1, 0.15) is 24.4 Å². The van der Waals surface area contributed by atoms with Crippen molar-refractivity contribution < 1.29 is 88.3 Å². The average Bonchev–Trinajstić information content (AvgIpc) is 2.90. The number of aliphatic carboxylic acids is 5. The van der Waals surface area contributed by atoms with E-state index in [2.05, 4.69) is 15.7 Å². The number of carboxylic acids is 5. The smallest absolute Gasteiger partial charge is 0.363 e. The highest BCUT2D eigenvalue weighted by molar-refractivity contribution is 7.52. The summed E-state index contributed by atoms with van der Waals surface area (Å²) in [7, 11) is -4.55. The van der Waals surface area contributed by atoms with Crippen LogP contribution in [0.15, 0.2) is 0 Å². The average molecular weight is 682 g/mol. The number of aliphatic hydroxyl groups is 1. The minimum Gasteiger partial charge on any atom is -0.481 e. The Morgan fingerprint density at radius 2 is 1.16 bits per heavy atom. The van der Waals surface area contributed by atoms with Crippen molar-refractivity contribution in [2.24, 2.45) is 17.2 Å². The number of carboxylic acid groups (broad SMARTS) is 5. The topological polar surface area (TPSA) is 451 Å². The van der Waals surface area contributed by atoms with Crippen LogP contribution in [0.5, 0.6) is 0 Å². The van der Waals surface area contributed by atoms with Gasteiger partial charge in [0, 0.05) is 6.54 Å². The maximum atomic E-state index is 11.8. The minimum atomic E-state index is -4.55. The summed E-state index contributed by atoms with van der Waals surface area (Å²) in [5.74, 6) is -9.43. The molecule has 1 unspecified atom stereocenters. The summed E-state index contributed by atoms with van der Waals surface area (Å²) in [5.41, 5.74) is 17.6. The summed E-state index contributed by atoms with van der Waals surface area (Å²) >= 11 is 0. The minimum absolute atomic E-state index is 0.0876. The molecule has 0 radical (unpaired) electrons. The fraction of sp³-hybridized carbons (Fsp3) is 0.579. The van der Waals surface area contributed by atoms with Crippen LogP contribution in [-0.2, 0) is 47.5 Å². The lowest BCUT2D eigenvalue weighted by atomic mass is 10.2. The highest BCUT2D eigenvalue weighted by Crippen LogP contribution is 2.39. The Morgan fingerprint density at radius 3 is 1.47 bits per heavy atom. The van der Waals surface area contributed by atoms with Crippen LogP contribution >= 0.6 is 7.60 Å². The number of nitrogens with two attached hydrogens (primary N) is 3. The zero-order chi connectivity index (χ0) is 35.9. The lowest BCUT2D eigenvalue weighted by Crippen LogP contribution is -2.47. The molecular formula is C19H36N7O18P. The van der Waals surface area contributed by atoms with E-state index in [0.717, 1.165) is 0 Å². The second-order valence-electron chi connectivity index (χ2n) is 8.15. The van der Waals surface area contributed by atoms with Crippen molar-refractivity contribution >= 4 is 55.2 Å². The van der Waals surface area contributed by atoms with E-state index in [9.17, 15) is 47.8 Å². The highest BCUT2D eigenvalue weighted by atomic mass is 31.2. The first-order valence-electron chi connectivity index (χ1n) is 11.8. The first-order chi connectivity index (χ1) is 20.6. The Morgan fingerprint density at radius 1 is 0.733 bits per heavy atom. The van der Waals surface area contributed by atoms with E-state index >= 15 is 0 Å². The van der Waals surface area contributed by atoms with Crippen LogP contribution in [0.3, 0.4) is 0 Å². The van der Waals surface area contributed by atoms with Crippen LogP contribution < -0.4 is 38.8 Å². The van der Waals surface area contributed by atoms with E-state index in [1.807, 2.05) is 5.32 Å².